The van der Waals surface area contributed by atoms with Gasteiger partial charge in [0.15, 0.2) is 0 Å². The Hall–Kier alpha value is -1.08. The smallest absolute Gasteiger partial charge is 0.309 e. The molecule has 0 heterocycles. The summed E-state index contributed by atoms with van der Waals surface area (Å²) in [5, 5.41) is 8.52. The molecule has 0 aromatic heterocycles. The fraction of sp³-hybridized carbons (Fsp3) is 0.818. The zero-order chi connectivity index (χ0) is 11.8. The summed E-state index contributed by atoms with van der Waals surface area (Å²) >= 11 is 0. The third-order valence-electron chi connectivity index (χ3n) is 2.79. The van der Waals surface area contributed by atoms with E-state index >= 15 is 0 Å². The highest BCUT2D eigenvalue weighted by atomic mass is 16.5. The summed E-state index contributed by atoms with van der Waals surface area (Å²) in [6.45, 7) is 7.41. The van der Waals surface area contributed by atoms with E-state index in [9.17, 15) is 4.79 Å². The standard InChI is InChI=1S/C11H20N2O2/c1-5-13(8-6-7-12)10(3)9(2)11(14)15-4/h9-10H,5-6,8H2,1-4H3. The maximum Gasteiger partial charge on any atom is 0.309 e. The number of hydrogen-bond donors (Lipinski definition) is 0. The highest BCUT2D eigenvalue weighted by molar-refractivity contribution is 5.72. The number of esters is 1. The third kappa shape index (κ3) is 4.30. The molecule has 0 rings (SSSR count). The lowest BCUT2D eigenvalue weighted by molar-refractivity contribution is -0.147. The van der Waals surface area contributed by atoms with Crippen molar-refractivity contribution in [2.45, 2.75) is 33.2 Å². The first-order valence-electron chi connectivity index (χ1n) is 5.27. The molecule has 0 aliphatic heterocycles. The van der Waals surface area contributed by atoms with Gasteiger partial charge in [0.1, 0.15) is 0 Å². The second kappa shape index (κ2) is 7.24. The van der Waals surface area contributed by atoms with Crippen LogP contribution in [0.5, 0.6) is 0 Å². The second-order valence-electron chi connectivity index (χ2n) is 3.59. The molecule has 2 atom stereocenters. The maximum atomic E-state index is 11.3. The summed E-state index contributed by atoms with van der Waals surface area (Å²) in [5.41, 5.74) is 0. The molecular weight excluding hydrogens is 192 g/mol. The lowest BCUT2D eigenvalue weighted by Crippen LogP contribution is -2.41. The molecular formula is C11H20N2O2. The normalized spacial score (nSPS) is 14.4. The maximum absolute atomic E-state index is 11.3. The Bertz CT molecular complexity index is 235. The van der Waals surface area contributed by atoms with Crippen LogP contribution in [0.3, 0.4) is 0 Å². The van der Waals surface area contributed by atoms with E-state index in [4.69, 9.17) is 10.00 Å². The molecule has 0 saturated carbocycles. The zero-order valence-electron chi connectivity index (χ0n) is 9.99. The Morgan fingerprint density at radius 3 is 2.53 bits per heavy atom. The van der Waals surface area contributed by atoms with E-state index in [1.54, 1.807) is 0 Å². The summed E-state index contributed by atoms with van der Waals surface area (Å²) in [5.74, 6) is -0.355. The highest BCUT2D eigenvalue weighted by Crippen LogP contribution is 2.12. The molecule has 15 heavy (non-hydrogen) atoms. The first kappa shape index (κ1) is 13.9. The summed E-state index contributed by atoms with van der Waals surface area (Å²) in [6.07, 6.45) is 0.492. The van der Waals surface area contributed by atoms with E-state index in [0.29, 0.717) is 13.0 Å². The largest absolute Gasteiger partial charge is 0.469 e. The van der Waals surface area contributed by atoms with Crippen LogP contribution < -0.4 is 0 Å². The van der Waals surface area contributed by atoms with Crippen molar-refractivity contribution in [2.24, 2.45) is 5.92 Å². The Morgan fingerprint density at radius 1 is 1.53 bits per heavy atom. The van der Waals surface area contributed by atoms with Gasteiger partial charge in [-0.1, -0.05) is 13.8 Å². The Kier molecular flexibility index (Phi) is 6.72. The number of nitrogens with zero attached hydrogens (tertiary/aromatic N) is 2. The minimum Gasteiger partial charge on any atom is -0.469 e. The number of rotatable bonds is 6. The number of hydrogen-bond acceptors (Lipinski definition) is 4. The summed E-state index contributed by atoms with van der Waals surface area (Å²) in [4.78, 5) is 13.4. The zero-order valence-corrected chi connectivity index (χ0v) is 9.99. The van der Waals surface area contributed by atoms with Crippen molar-refractivity contribution in [2.75, 3.05) is 20.2 Å². The topological polar surface area (TPSA) is 53.3 Å². The van der Waals surface area contributed by atoms with Crippen molar-refractivity contribution in [3.63, 3.8) is 0 Å². The monoisotopic (exact) mass is 212 g/mol. The summed E-state index contributed by atoms with van der Waals surface area (Å²) in [7, 11) is 1.40. The average Bonchev–Trinajstić information content (AvgIpc) is 2.27. The van der Waals surface area contributed by atoms with Crippen LogP contribution in [-0.2, 0) is 9.53 Å². The molecule has 4 heteroatoms. The van der Waals surface area contributed by atoms with Gasteiger partial charge in [0, 0.05) is 19.0 Å². The molecule has 0 aromatic rings. The van der Waals surface area contributed by atoms with Crippen molar-refractivity contribution in [3.05, 3.63) is 0 Å². The van der Waals surface area contributed by atoms with Crippen LogP contribution in [0.4, 0.5) is 0 Å². The second-order valence-corrected chi connectivity index (χ2v) is 3.59. The summed E-state index contributed by atoms with van der Waals surface area (Å²) in [6, 6.07) is 2.22. The molecule has 86 valence electrons. The predicted molar refractivity (Wildman–Crippen MR) is 58.1 cm³/mol. The third-order valence-corrected chi connectivity index (χ3v) is 2.79. The Balaban J connectivity index is 4.30. The predicted octanol–water partition coefficient (Wildman–Crippen LogP) is 1.42. The molecule has 0 radical (unpaired) electrons. The molecule has 0 aliphatic carbocycles. The van der Waals surface area contributed by atoms with Crippen LogP contribution >= 0.6 is 0 Å². The quantitative estimate of drug-likeness (QED) is 0.625. The van der Waals surface area contributed by atoms with E-state index in [2.05, 4.69) is 11.0 Å². The van der Waals surface area contributed by atoms with Crippen molar-refractivity contribution in [1.82, 2.24) is 4.90 Å². The highest BCUT2D eigenvalue weighted by Gasteiger charge is 2.24. The van der Waals surface area contributed by atoms with Gasteiger partial charge in [-0.05, 0) is 13.5 Å². The molecule has 0 aliphatic rings. The molecule has 2 unspecified atom stereocenters. The van der Waals surface area contributed by atoms with Crippen molar-refractivity contribution < 1.29 is 9.53 Å². The Labute approximate surface area is 91.8 Å². The van der Waals surface area contributed by atoms with Crippen LogP contribution in [0.2, 0.25) is 0 Å². The number of ether oxygens (including phenoxy) is 1. The number of methoxy groups -OCH3 is 1. The lowest BCUT2D eigenvalue weighted by Gasteiger charge is -2.30. The van der Waals surface area contributed by atoms with E-state index in [0.717, 1.165) is 6.54 Å². The Morgan fingerprint density at radius 2 is 2.13 bits per heavy atom. The molecule has 0 aromatic carbocycles. The van der Waals surface area contributed by atoms with Gasteiger partial charge in [-0.2, -0.15) is 5.26 Å². The van der Waals surface area contributed by atoms with Crippen LogP contribution in [0.15, 0.2) is 0 Å². The average molecular weight is 212 g/mol. The lowest BCUT2D eigenvalue weighted by atomic mass is 10.0. The van der Waals surface area contributed by atoms with E-state index < -0.39 is 0 Å². The molecule has 0 spiro atoms. The van der Waals surface area contributed by atoms with Crippen molar-refractivity contribution >= 4 is 5.97 Å². The molecule has 0 saturated heterocycles. The van der Waals surface area contributed by atoms with Gasteiger partial charge >= 0.3 is 5.97 Å². The van der Waals surface area contributed by atoms with E-state index in [1.807, 2.05) is 20.8 Å². The van der Waals surface area contributed by atoms with Crippen LogP contribution in [-0.4, -0.2) is 37.1 Å². The molecule has 4 nitrogen and oxygen atoms in total. The first-order valence-corrected chi connectivity index (χ1v) is 5.27. The SMILES string of the molecule is CCN(CCC#N)C(C)C(C)C(=O)OC. The van der Waals surface area contributed by atoms with Crippen LogP contribution in [0.25, 0.3) is 0 Å². The number of carbonyl (C=O) groups excluding carboxylic acids is 1. The molecule has 0 amide bonds. The minimum absolute atomic E-state index is 0.107. The van der Waals surface area contributed by atoms with Crippen LogP contribution in [0, 0.1) is 17.2 Å². The van der Waals surface area contributed by atoms with Gasteiger partial charge in [-0.3, -0.25) is 9.69 Å². The van der Waals surface area contributed by atoms with E-state index in [1.165, 1.54) is 7.11 Å². The number of carbonyl (C=O) groups is 1. The van der Waals surface area contributed by atoms with Crippen molar-refractivity contribution in [3.8, 4) is 6.07 Å². The fourth-order valence-electron chi connectivity index (χ4n) is 1.54. The van der Waals surface area contributed by atoms with Gasteiger partial charge in [-0.15, -0.1) is 0 Å². The molecule has 0 N–H and O–H groups in total. The minimum atomic E-state index is -0.196. The molecule has 0 fully saturated rings. The summed E-state index contributed by atoms with van der Waals surface area (Å²) < 4.78 is 4.70. The first-order chi connectivity index (χ1) is 7.08. The van der Waals surface area contributed by atoms with Crippen molar-refractivity contribution in [1.29, 1.82) is 5.26 Å². The van der Waals surface area contributed by atoms with Gasteiger partial charge in [-0.25, -0.2) is 0 Å². The number of nitriles is 1. The van der Waals surface area contributed by atoms with Gasteiger partial charge in [0.05, 0.1) is 19.1 Å². The van der Waals surface area contributed by atoms with Gasteiger partial charge in [0.2, 0.25) is 0 Å². The van der Waals surface area contributed by atoms with Crippen LogP contribution in [0.1, 0.15) is 27.2 Å². The molecule has 0 bridgehead atoms. The van der Waals surface area contributed by atoms with Gasteiger partial charge < -0.3 is 4.74 Å². The van der Waals surface area contributed by atoms with Gasteiger partial charge in [0.25, 0.3) is 0 Å². The van der Waals surface area contributed by atoms with E-state index in [-0.39, 0.29) is 17.9 Å². The fourth-order valence-corrected chi connectivity index (χ4v) is 1.54.